The van der Waals surface area contributed by atoms with Crippen molar-refractivity contribution in [2.45, 2.75) is 26.8 Å². The van der Waals surface area contributed by atoms with Gasteiger partial charge in [0.15, 0.2) is 0 Å². The van der Waals surface area contributed by atoms with Crippen molar-refractivity contribution >= 4 is 5.97 Å². The molecule has 1 aromatic rings. The Bertz CT molecular complexity index is 475. The highest BCUT2D eigenvalue weighted by Crippen LogP contribution is 2.31. The minimum Gasteiger partial charge on any atom is -0.462 e. The number of carbonyl (C=O) groups is 1. The van der Waals surface area contributed by atoms with Crippen LogP contribution in [0.15, 0.2) is 6.20 Å². The third-order valence-corrected chi connectivity index (χ3v) is 2.27. The fraction of sp³-hybridized carbons (Fsp3) is 0.455. The van der Waals surface area contributed by atoms with Gasteiger partial charge in [0.1, 0.15) is 11.3 Å². The first-order valence-corrected chi connectivity index (χ1v) is 5.41. The average Bonchev–Trinajstić information content (AvgIpc) is 2.30. The van der Waals surface area contributed by atoms with Gasteiger partial charge in [0.2, 0.25) is 0 Å². The van der Waals surface area contributed by atoms with Gasteiger partial charge in [0, 0.05) is 18.3 Å². The van der Waals surface area contributed by atoms with Crippen molar-refractivity contribution < 1.29 is 27.4 Å². The van der Waals surface area contributed by atoms with E-state index in [1.165, 1.54) is 13.8 Å². The predicted molar refractivity (Wildman–Crippen MR) is 59.5 cm³/mol. The summed E-state index contributed by atoms with van der Waals surface area (Å²) in [5.41, 5.74) is 5.25. The van der Waals surface area contributed by atoms with Crippen molar-refractivity contribution in [3.8, 4) is 5.75 Å². The first-order chi connectivity index (χ1) is 8.80. The lowest BCUT2D eigenvalue weighted by molar-refractivity contribution is -0.275. The topological polar surface area (TPSA) is 74.4 Å². The van der Waals surface area contributed by atoms with Crippen molar-refractivity contribution in [1.29, 1.82) is 0 Å². The molecule has 2 N–H and O–H groups in total. The molecule has 0 unspecified atom stereocenters. The Hall–Kier alpha value is -1.83. The molecule has 5 nitrogen and oxygen atoms in total. The fourth-order valence-corrected chi connectivity index (χ4v) is 1.44. The van der Waals surface area contributed by atoms with Gasteiger partial charge in [0.25, 0.3) is 0 Å². The van der Waals surface area contributed by atoms with E-state index in [0.29, 0.717) is 0 Å². The Kier molecular flexibility index (Phi) is 4.71. The number of alkyl halides is 3. The van der Waals surface area contributed by atoms with E-state index in [0.717, 1.165) is 6.20 Å². The van der Waals surface area contributed by atoms with Crippen molar-refractivity contribution in [2.24, 2.45) is 5.73 Å². The summed E-state index contributed by atoms with van der Waals surface area (Å²) >= 11 is 0. The van der Waals surface area contributed by atoms with E-state index in [-0.39, 0.29) is 30.0 Å². The molecule has 0 aliphatic heterocycles. The predicted octanol–water partition coefficient (Wildman–Crippen LogP) is 1.92. The number of esters is 1. The number of hydrogen-bond donors (Lipinski definition) is 1. The second kappa shape index (κ2) is 5.87. The molecule has 1 aromatic heterocycles. The summed E-state index contributed by atoms with van der Waals surface area (Å²) < 4.78 is 45.6. The van der Waals surface area contributed by atoms with E-state index in [2.05, 4.69) is 14.5 Å². The minimum atomic E-state index is -4.92. The van der Waals surface area contributed by atoms with Crippen LogP contribution in [-0.2, 0) is 11.3 Å². The lowest BCUT2D eigenvalue weighted by Gasteiger charge is -2.16. The molecule has 0 radical (unpaired) electrons. The Morgan fingerprint density at radius 1 is 1.47 bits per heavy atom. The number of nitrogens with zero attached hydrogens (tertiary/aromatic N) is 1. The number of rotatable bonds is 4. The molecule has 19 heavy (non-hydrogen) atoms. The standard InChI is InChI=1S/C11H13F3N2O3/c1-3-18-10(17)7-5-16-8(4-15)6(2)9(7)19-11(12,13)14/h5H,3-4,15H2,1-2H3. The minimum absolute atomic E-state index is 0.0297. The third kappa shape index (κ3) is 3.82. The second-order valence-corrected chi connectivity index (χ2v) is 3.55. The van der Waals surface area contributed by atoms with E-state index in [9.17, 15) is 18.0 Å². The van der Waals surface area contributed by atoms with E-state index < -0.39 is 18.1 Å². The molecule has 0 atom stereocenters. The van der Waals surface area contributed by atoms with E-state index in [1.54, 1.807) is 0 Å². The van der Waals surface area contributed by atoms with Crippen LogP contribution in [0, 0.1) is 6.92 Å². The van der Waals surface area contributed by atoms with Gasteiger partial charge in [-0.15, -0.1) is 13.2 Å². The number of nitrogens with two attached hydrogens (primary N) is 1. The molecule has 0 spiro atoms. The fourth-order valence-electron chi connectivity index (χ4n) is 1.44. The number of hydrogen-bond acceptors (Lipinski definition) is 5. The molecule has 8 heteroatoms. The SMILES string of the molecule is CCOC(=O)c1cnc(CN)c(C)c1OC(F)(F)F. The molecule has 0 aromatic carbocycles. The van der Waals surface area contributed by atoms with Gasteiger partial charge in [-0.1, -0.05) is 0 Å². The van der Waals surface area contributed by atoms with Gasteiger partial charge in [-0.05, 0) is 13.8 Å². The van der Waals surface area contributed by atoms with Crippen molar-refractivity contribution in [2.75, 3.05) is 6.61 Å². The summed E-state index contributed by atoms with van der Waals surface area (Å²) in [5, 5.41) is 0. The van der Waals surface area contributed by atoms with Crippen LogP contribution >= 0.6 is 0 Å². The van der Waals surface area contributed by atoms with Crippen molar-refractivity contribution in [3.63, 3.8) is 0 Å². The van der Waals surface area contributed by atoms with Gasteiger partial charge in [-0.3, -0.25) is 4.98 Å². The Labute approximate surface area is 107 Å². The van der Waals surface area contributed by atoms with Gasteiger partial charge in [-0.2, -0.15) is 0 Å². The average molecular weight is 278 g/mol. The molecule has 0 bridgehead atoms. The number of pyridine rings is 1. The highest BCUT2D eigenvalue weighted by atomic mass is 19.4. The Morgan fingerprint density at radius 3 is 2.58 bits per heavy atom. The smallest absolute Gasteiger partial charge is 0.462 e. The van der Waals surface area contributed by atoms with Crippen molar-refractivity contribution in [3.05, 3.63) is 23.0 Å². The Balaban J connectivity index is 3.30. The number of ether oxygens (including phenoxy) is 2. The molecule has 1 rings (SSSR count). The normalized spacial score (nSPS) is 11.3. The number of carbonyl (C=O) groups excluding carboxylic acids is 1. The molecule has 0 saturated heterocycles. The monoisotopic (exact) mass is 278 g/mol. The molecule has 0 aliphatic carbocycles. The Morgan fingerprint density at radius 2 is 2.11 bits per heavy atom. The van der Waals surface area contributed by atoms with Crippen LogP contribution in [-0.4, -0.2) is 23.9 Å². The van der Waals surface area contributed by atoms with Crippen LogP contribution < -0.4 is 10.5 Å². The molecule has 0 aliphatic rings. The van der Waals surface area contributed by atoms with E-state index in [1.807, 2.05) is 0 Å². The highest BCUT2D eigenvalue weighted by molar-refractivity contribution is 5.92. The maximum atomic E-state index is 12.4. The zero-order valence-corrected chi connectivity index (χ0v) is 10.4. The quantitative estimate of drug-likeness (QED) is 0.852. The van der Waals surface area contributed by atoms with Gasteiger partial charge in [0.05, 0.1) is 12.3 Å². The highest BCUT2D eigenvalue weighted by Gasteiger charge is 2.34. The van der Waals surface area contributed by atoms with Crippen LogP contribution in [0.25, 0.3) is 0 Å². The van der Waals surface area contributed by atoms with Crippen LogP contribution in [0.1, 0.15) is 28.5 Å². The summed E-state index contributed by atoms with van der Waals surface area (Å²) in [4.78, 5) is 15.4. The molecular weight excluding hydrogens is 265 g/mol. The first-order valence-electron chi connectivity index (χ1n) is 5.41. The maximum Gasteiger partial charge on any atom is 0.573 e. The molecule has 0 amide bonds. The summed E-state index contributed by atoms with van der Waals surface area (Å²) in [6.45, 7) is 2.85. The molecule has 0 fully saturated rings. The molecule has 106 valence electrons. The molecule has 0 saturated carbocycles. The molecular formula is C11H13F3N2O3. The van der Waals surface area contributed by atoms with Crippen LogP contribution in [0.4, 0.5) is 13.2 Å². The number of halogens is 3. The zero-order chi connectivity index (χ0) is 14.6. The second-order valence-electron chi connectivity index (χ2n) is 3.55. The summed E-state index contributed by atoms with van der Waals surface area (Å²) in [7, 11) is 0. The summed E-state index contributed by atoms with van der Waals surface area (Å²) in [6, 6.07) is 0. The summed E-state index contributed by atoms with van der Waals surface area (Å²) in [6.07, 6.45) is -3.95. The lowest BCUT2D eigenvalue weighted by atomic mass is 10.1. The van der Waals surface area contributed by atoms with E-state index in [4.69, 9.17) is 5.73 Å². The van der Waals surface area contributed by atoms with Gasteiger partial charge in [-0.25, -0.2) is 4.79 Å². The summed E-state index contributed by atoms with van der Waals surface area (Å²) in [5.74, 6) is -1.55. The molecule has 1 heterocycles. The van der Waals surface area contributed by atoms with Gasteiger partial charge >= 0.3 is 12.3 Å². The zero-order valence-electron chi connectivity index (χ0n) is 10.4. The van der Waals surface area contributed by atoms with Crippen LogP contribution in [0.3, 0.4) is 0 Å². The van der Waals surface area contributed by atoms with Crippen LogP contribution in [0.2, 0.25) is 0 Å². The maximum absolute atomic E-state index is 12.4. The van der Waals surface area contributed by atoms with Crippen molar-refractivity contribution in [1.82, 2.24) is 4.98 Å². The first kappa shape index (κ1) is 15.2. The third-order valence-electron chi connectivity index (χ3n) is 2.27. The van der Waals surface area contributed by atoms with Gasteiger partial charge < -0.3 is 15.2 Å². The largest absolute Gasteiger partial charge is 0.573 e. The van der Waals surface area contributed by atoms with E-state index >= 15 is 0 Å². The lowest BCUT2D eigenvalue weighted by Crippen LogP contribution is -2.21. The number of aromatic nitrogens is 1. The van der Waals surface area contributed by atoms with Crippen LogP contribution in [0.5, 0.6) is 5.75 Å².